The molecule has 2 heterocycles. The van der Waals surface area contributed by atoms with Crippen molar-refractivity contribution in [2.45, 2.75) is 37.6 Å². The SMILES string of the molecule is CC(=O)NC(Cc1c[nH]c2ccccc12)C(=O)N1CCC(O)(C(F)(F)F)C1. The smallest absolute Gasteiger partial charge is 0.379 e. The molecule has 1 aliphatic heterocycles. The molecule has 0 aliphatic carbocycles. The Morgan fingerprint density at radius 2 is 2.07 bits per heavy atom. The van der Waals surface area contributed by atoms with Crippen molar-refractivity contribution in [3.05, 3.63) is 36.0 Å². The van der Waals surface area contributed by atoms with Gasteiger partial charge < -0.3 is 20.3 Å². The van der Waals surface area contributed by atoms with Crippen molar-refractivity contribution in [1.29, 1.82) is 0 Å². The van der Waals surface area contributed by atoms with Gasteiger partial charge in [-0.2, -0.15) is 13.2 Å². The lowest BCUT2D eigenvalue weighted by Gasteiger charge is -2.28. The Hall–Kier alpha value is -2.55. The second-order valence-corrected chi connectivity index (χ2v) is 6.86. The number of aliphatic hydroxyl groups is 1. The first-order valence-corrected chi connectivity index (χ1v) is 8.51. The number of carbonyl (C=O) groups excluding carboxylic acids is 2. The van der Waals surface area contributed by atoms with E-state index in [-0.39, 0.29) is 13.0 Å². The summed E-state index contributed by atoms with van der Waals surface area (Å²) in [4.78, 5) is 28.3. The highest BCUT2D eigenvalue weighted by Gasteiger charge is 2.58. The number of H-pyrrole nitrogens is 1. The average molecular weight is 383 g/mol. The fraction of sp³-hybridized carbons (Fsp3) is 0.444. The van der Waals surface area contributed by atoms with E-state index in [1.54, 1.807) is 6.20 Å². The van der Waals surface area contributed by atoms with Crippen LogP contribution in [-0.2, 0) is 16.0 Å². The van der Waals surface area contributed by atoms with Crippen LogP contribution in [0.15, 0.2) is 30.5 Å². The van der Waals surface area contributed by atoms with Gasteiger partial charge in [0, 0.05) is 43.4 Å². The van der Waals surface area contributed by atoms with E-state index in [9.17, 15) is 27.9 Å². The van der Waals surface area contributed by atoms with Crippen molar-refractivity contribution in [2.75, 3.05) is 13.1 Å². The van der Waals surface area contributed by atoms with Crippen LogP contribution in [0.4, 0.5) is 13.2 Å². The largest absolute Gasteiger partial charge is 0.419 e. The number of fused-ring (bicyclic) bond motifs is 1. The molecule has 0 radical (unpaired) electrons. The summed E-state index contributed by atoms with van der Waals surface area (Å²) in [6, 6.07) is 6.38. The molecule has 1 saturated heterocycles. The maximum absolute atomic E-state index is 13.0. The third kappa shape index (κ3) is 3.78. The number of aromatic nitrogens is 1. The van der Waals surface area contributed by atoms with Gasteiger partial charge >= 0.3 is 6.18 Å². The van der Waals surface area contributed by atoms with Crippen LogP contribution < -0.4 is 5.32 Å². The van der Waals surface area contributed by atoms with E-state index in [1.807, 2.05) is 24.3 Å². The molecule has 0 saturated carbocycles. The molecule has 0 bridgehead atoms. The minimum atomic E-state index is -4.82. The molecule has 1 aromatic carbocycles. The number of amides is 2. The summed E-state index contributed by atoms with van der Waals surface area (Å²) in [5.74, 6) is -1.10. The van der Waals surface area contributed by atoms with E-state index in [4.69, 9.17) is 0 Å². The Morgan fingerprint density at radius 1 is 1.37 bits per heavy atom. The zero-order chi connectivity index (χ0) is 19.8. The quantitative estimate of drug-likeness (QED) is 0.752. The third-order valence-electron chi connectivity index (χ3n) is 4.86. The van der Waals surface area contributed by atoms with E-state index in [1.165, 1.54) is 6.92 Å². The summed E-state index contributed by atoms with van der Waals surface area (Å²) >= 11 is 0. The summed E-state index contributed by atoms with van der Waals surface area (Å²) in [6.45, 7) is 0.184. The lowest BCUT2D eigenvalue weighted by atomic mass is 10.0. The van der Waals surface area contributed by atoms with Crippen molar-refractivity contribution in [1.82, 2.24) is 15.2 Å². The van der Waals surface area contributed by atoms with Gasteiger partial charge in [-0.1, -0.05) is 18.2 Å². The van der Waals surface area contributed by atoms with Crippen LogP contribution in [-0.4, -0.2) is 57.7 Å². The summed E-state index contributed by atoms with van der Waals surface area (Å²) < 4.78 is 39.0. The fourth-order valence-electron chi connectivity index (χ4n) is 3.40. The second-order valence-electron chi connectivity index (χ2n) is 6.86. The molecule has 9 heteroatoms. The molecular formula is C18H20F3N3O3. The van der Waals surface area contributed by atoms with E-state index in [0.29, 0.717) is 0 Å². The highest BCUT2D eigenvalue weighted by Crippen LogP contribution is 2.37. The summed E-state index contributed by atoms with van der Waals surface area (Å²) in [5.41, 5.74) is -1.29. The van der Waals surface area contributed by atoms with Crippen LogP contribution >= 0.6 is 0 Å². The number of likely N-dealkylation sites (tertiary alicyclic amines) is 1. The molecule has 1 aliphatic rings. The lowest BCUT2D eigenvalue weighted by molar-refractivity contribution is -0.253. The number of benzene rings is 1. The second kappa shape index (κ2) is 6.88. The lowest BCUT2D eigenvalue weighted by Crippen LogP contribution is -2.52. The van der Waals surface area contributed by atoms with E-state index in [2.05, 4.69) is 10.3 Å². The monoisotopic (exact) mass is 383 g/mol. The van der Waals surface area contributed by atoms with Crippen molar-refractivity contribution in [2.24, 2.45) is 0 Å². The minimum absolute atomic E-state index is 0.128. The molecular weight excluding hydrogens is 363 g/mol. The Morgan fingerprint density at radius 3 is 2.70 bits per heavy atom. The maximum Gasteiger partial charge on any atom is 0.419 e. The normalized spacial score (nSPS) is 21.4. The van der Waals surface area contributed by atoms with Crippen LogP contribution in [0.25, 0.3) is 10.9 Å². The predicted octanol–water partition coefficient (Wildman–Crippen LogP) is 1.74. The van der Waals surface area contributed by atoms with Gasteiger partial charge in [0.05, 0.1) is 6.54 Å². The molecule has 146 valence electrons. The maximum atomic E-state index is 13.0. The number of nitrogens with zero attached hydrogens (tertiary/aromatic N) is 1. The van der Waals surface area contributed by atoms with E-state index >= 15 is 0 Å². The number of alkyl halides is 3. The predicted molar refractivity (Wildman–Crippen MR) is 91.8 cm³/mol. The van der Waals surface area contributed by atoms with Gasteiger partial charge in [-0.3, -0.25) is 9.59 Å². The fourth-order valence-corrected chi connectivity index (χ4v) is 3.40. The van der Waals surface area contributed by atoms with Crippen LogP contribution in [0, 0.1) is 0 Å². The van der Waals surface area contributed by atoms with Crippen LogP contribution in [0.3, 0.4) is 0 Å². The molecule has 2 aromatic rings. The molecule has 3 rings (SSSR count). The van der Waals surface area contributed by atoms with Gasteiger partial charge in [0.15, 0.2) is 5.60 Å². The Labute approximate surface area is 153 Å². The number of carbonyl (C=O) groups is 2. The average Bonchev–Trinajstić information content (AvgIpc) is 3.18. The van der Waals surface area contributed by atoms with Crippen molar-refractivity contribution < 1.29 is 27.9 Å². The van der Waals surface area contributed by atoms with Crippen molar-refractivity contribution in [3.63, 3.8) is 0 Å². The van der Waals surface area contributed by atoms with E-state index in [0.717, 1.165) is 21.4 Å². The molecule has 2 atom stereocenters. The molecule has 27 heavy (non-hydrogen) atoms. The molecule has 2 unspecified atom stereocenters. The topological polar surface area (TPSA) is 85.4 Å². The Balaban J connectivity index is 1.81. The Kier molecular flexibility index (Phi) is 4.90. The molecule has 1 fully saturated rings. The molecule has 2 amide bonds. The zero-order valence-corrected chi connectivity index (χ0v) is 14.6. The summed E-state index contributed by atoms with van der Waals surface area (Å²) in [7, 11) is 0. The van der Waals surface area contributed by atoms with Gasteiger partial charge in [-0.15, -0.1) is 0 Å². The standard InChI is InChI=1S/C18H20F3N3O3/c1-11(25)23-15(8-12-9-22-14-5-3-2-4-13(12)14)16(26)24-7-6-17(27,10-24)18(19,20)21/h2-5,9,15,22,27H,6-8,10H2,1H3,(H,23,25). The molecule has 3 N–H and O–H groups in total. The van der Waals surface area contributed by atoms with Gasteiger partial charge in [0.25, 0.3) is 0 Å². The molecule has 1 aromatic heterocycles. The summed E-state index contributed by atoms with van der Waals surface area (Å²) in [6.07, 6.45) is -3.56. The van der Waals surface area contributed by atoms with Gasteiger partial charge in [0.1, 0.15) is 6.04 Å². The number of rotatable bonds is 4. The number of para-hydroxylation sites is 1. The third-order valence-corrected chi connectivity index (χ3v) is 4.86. The van der Waals surface area contributed by atoms with Gasteiger partial charge in [-0.05, 0) is 11.6 Å². The first-order chi connectivity index (χ1) is 12.6. The zero-order valence-electron chi connectivity index (χ0n) is 14.6. The Bertz CT molecular complexity index is 864. The minimum Gasteiger partial charge on any atom is -0.379 e. The van der Waals surface area contributed by atoms with Crippen molar-refractivity contribution >= 4 is 22.7 Å². The van der Waals surface area contributed by atoms with Crippen LogP contribution in [0.2, 0.25) is 0 Å². The molecule has 0 spiro atoms. The number of hydrogen-bond donors (Lipinski definition) is 3. The van der Waals surface area contributed by atoms with Gasteiger partial charge in [0.2, 0.25) is 11.8 Å². The van der Waals surface area contributed by atoms with E-state index < -0.39 is 42.6 Å². The number of nitrogens with one attached hydrogen (secondary N) is 2. The number of halogens is 3. The van der Waals surface area contributed by atoms with Gasteiger partial charge in [-0.25, -0.2) is 0 Å². The number of β-amino-alcohol motifs (C(OH)–C–C–N with tert-alkyl or cyclic N) is 1. The highest BCUT2D eigenvalue weighted by atomic mass is 19.4. The van der Waals surface area contributed by atoms with Crippen LogP contribution in [0.1, 0.15) is 18.9 Å². The number of aromatic amines is 1. The van der Waals surface area contributed by atoms with Crippen molar-refractivity contribution in [3.8, 4) is 0 Å². The van der Waals surface area contributed by atoms with Crippen LogP contribution in [0.5, 0.6) is 0 Å². The number of hydrogen-bond acceptors (Lipinski definition) is 3. The first kappa shape index (κ1) is 19.2. The summed E-state index contributed by atoms with van der Waals surface area (Å²) in [5, 5.41) is 13.2. The highest BCUT2D eigenvalue weighted by molar-refractivity contribution is 5.89. The first-order valence-electron chi connectivity index (χ1n) is 8.51. The molecule has 6 nitrogen and oxygen atoms in total.